The molecule has 4 aromatic rings. The zero-order chi connectivity index (χ0) is 28.8. The van der Waals surface area contributed by atoms with Crippen LogP contribution in [0, 0.1) is 6.92 Å². The van der Waals surface area contributed by atoms with Gasteiger partial charge in [0.25, 0.3) is 5.91 Å². The largest absolute Gasteiger partial charge is 0.497 e. The maximum Gasteiger partial charge on any atom is 0.250 e. The molecule has 0 spiro atoms. The molecule has 2 aromatic heterocycles. The van der Waals surface area contributed by atoms with Crippen LogP contribution < -0.4 is 10.1 Å². The number of carbonyl (C=O) groups excluding carboxylic acids is 2. The van der Waals surface area contributed by atoms with Crippen LogP contribution in [0.5, 0.6) is 5.75 Å². The highest BCUT2D eigenvalue weighted by atomic mass is 35.5. The van der Waals surface area contributed by atoms with Crippen molar-refractivity contribution < 1.29 is 23.5 Å². The van der Waals surface area contributed by atoms with Crippen LogP contribution in [0.25, 0.3) is 11.4 Å². The van der Waals surface area contributed by atoms with Crippen LogP contribution in [0.1, 0.15) is 36.0 Å². The molecule has 2 amide bonds. The quantitative estimate of drug-likeness (QED) is 0.283. The van der Waals surface area contributed by atoms with Gasteiger partial charge in [0, 0.05) is 30.3 Å². The van der Waals surface area contributed by atoms with E-state index >= 15 is 0 Å². The van der Waals surface area contributed by atoms with Gasteiger partial charge in [-0.05, 0) is 73.0 Å². The SMILES string of the molecule is COc1ccc(-c2nnn(CC(=O)N(Cc3ccccc3Cl)[C@@H](C(=O)NC[C@@H]3CCCO3)c3ccc(C)o3)n2)cc1. The molecule has 12 heteroatoms. The van der Waals surface area contributed by atoms with Gasteiger partial charge in [-0.3, -0.25) is 9.59 Å². The summed E-state index contributed by atoms with van der Waals surface area (Å²) in [5.74, 6) is 1.19. The molecule has 0 unspecified atom stereocenters. The molecule has 11 nitrogen and oxygen atoms in total. The topological polar surface area (TPSA) is 125 Å². The molecule has 0 saturated carbocycles. The highest BCUT2D eigenvalue weighted by Gasteiger charge is 2.35. The molecule has 2 aromatic carbocycles. The van der Waals surface area contributed by atoms with Crippen LogP contribution in [-0.4, -0.2) is 63.3 Å². The van der Waals surface area contributed by atoms with Gasteiger partial charge in [-0.25, -0.2) is 0 Å². The second-order valence-electron chi connectivity index (χ2n) is 9.72. The van der Waals surface area contributed by atoms with E-state index in [2.05, 4.69) is 20.7 Å². The number of carbonyl (C=O) groups is 2. The van der Waals surface area contributed by atoms with Crippen LogP contribution in [-0.2, 0) is 27.4 Å². The van der Waals surface area contributed by atoms with E-state index < -0.39 is 11.9 Å². The molecule has 41 heavy (non-hydrogen) atoms. The summed E-state index contributed by atoms with van der Waals surface area (Å²) in [5, 5.41) is 16.0. The van der Waals surface area contributed by atoms with Gasteiger partial charge in [-0.15, -0.1) is 10.2 Å². The van der Waals surface area contributed by atoms with Gasteiger partial charge in [0.2, 0.25) is 11.7 Å². The zero-order valence-corrected chi connectivity index (χ0v) is 23.6. The first-order valence-corrected chi connectivity index (χ1v) is 13.7. The first-order chi connectivity index (χ1) is 19.9. The summed E-state index contributed by atoms with van der Waals surface area (Å²) in [7, 11) is 1.59. The smallest absolute Gasteiger partial charge is 0.250 e. The van der Waals surface area contributed by atoms with E-state index in [1.807, 2.05) is 12.1 Å². The molecular formula is C29H31ClN6O5. The van der Waals surface area contributed by atoms with Crippen molar-refractivity contribution in [3.05, 3.63) is 82.8 Å². The summed E-state index contributed by atoms with van der Waals surface area (Å²) in [6.07, 6.45) is 1.74. The van der Waals surface area contributed by atoms with E-state index in [0.717, 1.165) is 18.4 Å². The summed E-state index contributed by atoms with van der Waals surface area (Å²) in [6.45, 7) is 2.57. The third kappa shape index (κ3) is 6.93. The monoisotopic (exact) mass is 578 g/mol. The third-order valence-electron chi connectivity index (χ3n) is 6.82. The molecule has 5 rings (SSSR count). The summed E-state index contributed by atoms with van der Waals surface area (Å²) >= 11 is 6.48. The number of methoxy groups -OCH3 is 1. The van der Waals surface area contributed by atoms with Crippen LogP contribution >= 0.6 is 11.6 Å². The maximum absolute atomic E-state index is 13.9. The summed E-state index contributed by atoms with van der Waals surface area (Å²) in [6, 6.07) is 16.8. The number of ether oxygens (including phenoxy) is 2. The van der Waals surface area contributed by atoms with Gasteiger partial charge >= 0.3 is 0 Å². The number of hydrogen-bond donors (Lipinski definition) is 1. The number of furan rings is 1. The Hall–Kier alpha value is -4.22. The summed E-state index contributed by atoms with van der Waals surface area (Å²) in [5.41, 5.74) is 1.39. The van der Waals surface area contributed by atoms with Gasteiger partial charge in [0.15, 0.2) is 6.04 Å². The Morgan fingerprint density at radius 1 is 1.17 bits per heavy atom. The minimum atomic E-state index is -1.07. The molecule has 2 atom stereocenters. The van der Waals surface area contributed by atoms with Crippen molar-refractivity contribution in [2.45, 2.75) is 45.0 Å². The standard InChI is InChI=1S/C29H31ClN6O5/c1-19-9-14-25(41-19)27(29(38)31-16-23-7-5-15-40-23)35(17-21-6-3-4-8-24(21)30)26(37)18-36-33-28(32-34-36)20-10-12-22(39-2)13-11-20/h3-4,6,8-14,23,27H,5,7,15-18H2,1-2H3,(H,31,38)/t23-,27+/m0/s1. The number of hydrogen-bond acceptors (Lipinski definition) is 8. The van der Waals surface area contributed by atoms with Gasteiger partial charge in [0.05, 0.1) is 13.2 Å². The molecule has 1 fully saturated rings. The first-order valence-electron chi connectivity index (χ1n) is 13.3. The van der Waals surface area contributed by atoms with Crippen molar-refractivity contribution >= 4 is 23.4 Å². The van der Waals surface area contributed by atoms with E-state index in [9.17, 15) is 9.59 Å². The number of nitrogens with one attached hydrogen (secondary N) is 1. The van der Waals surface area contributed by atoms with Gasteiger partial charge in [0.1, 0.15) is 23.8 Å². The lowest BCUT2D eigenvalue weighted by molar-refractivity contribution is -0.143. The Morgan fingerprint density at radius 3 is 2.66 bits per heavy atom. The number of rotatable bonds is 11. The van der Waals surface area contributed by atoms with E-state index in [-0.39, 0.29) is 25.1 Å². The first kappa shape index (κ1) is 28.3. The second-order valence-corrected chi connectivity index (χ2v) is 10.1. The number of aryl methyl sites for hydroxylation is 1. The second kappa shape index (κ2) is 13.0. The Morgan fingerprint density at radius 2 is 1.98 bits per heavy atom. The molecule has 1 saturated heterocycles. The number of benzene rings is 2. The van der Waals surface area contributed by atoms with Crippen molar-refractivity contribution in [1.29, 1.82) is 0 Å². The summed E-state index contributed by atoms with van der Waals surface area (Å²) in [4.78, 5) is 30.3. The minimum absolute atomic E-state index is 0.0519. The van der Waals surface area contributed by atoms with Crippen LogP contribution in [0.4, 0.5) is 0 Å². The van der Waals surface area contributed by atoms with Crippen LogP contribution in [0.15, 0.2) is 65.1 Å². The Kier molecular flexibility index (Phi) is 8.95. The highest BCUT2D eigenvalue weighted by Crippen LogP contribution is 2.28. The van der Waals surface area contributed by atoms with Crippen molar-refractivity contribution in [1.82, 2.24) is 30.4 Å². The lowest BCUT2D eigenvalue weighted by atomic mass is 10.1. The van der Waals surface area contributed by atoms with Crippen molar-refractivity contribution in [2.75, 3.05) is 20.3 Å². The zero-order valence-electron chi connectivity index (χ0n) is 22.8. The molecule has 0 aliphatic carbocycles. The average molecular weight is 579 g/mol. The number of tetrazole rings is 1. The Bertz CT molecular complexity index is 1480. The predicted octanol–water partition coefficient (Wildman–Crippen LogP) is 3.97. The fourth-order valence-corrected chi connectivity index (χ4v) is 4.85. The van der Waals surface area contributed by atoms with Crippen molar-refractivity contribution in [3.8, 4) is 17.1 Å². The maximum atomic E-state index is 13.9. The molecule has 3 heterocycles. The van der Waals surface area contributed by atoms with Crippen LogP contribution in [0.3, 0.4) is 0 Å². The number of nitrogens with zero attached hydrogens (tertiary/aromatic N) is 5. The molecule has 1 aliphatic heterocycles. The van der Waals surface area contributed by atoms with Gasteiger partial charge in [-0.2, -0.15) is 4.80 Å². The third-order valence-corrected chi connectivity index (χ3v) is 7.18. The van der Waals surface area contributed by atoms with Gasteiger partial charge < -0.3 is 24.1 Å². The molecule has 1 N–H and O–H groups in total. The number of aromatic nitrogens is 4. The number of amides is 2. The Balaban J connectivity index is 1.43. The highest BCUT2D eigenvalue weighted by molar-refractivity contribution is 6.31. The van der Waals surface area contributed by atoms with Crippen LogP contribution in [0.2, 0.25) is 5.02 Å². The van der Waals surface area contributed by atoms with Crippen molar-refractivity contribution in [2.24, 2.45) is 0 Å². The van der Waals surface area contributed by atoms with Gasteiger partial charge in [-0.1, -0.05) is 29.8 Å². The lowest BCUT2D eigenvalue weighted by Crippen LogP contribution is -2.46. The Labute approximate surface area is 242 Å². The molecule has 0 radical (unpaired) electrons. The molecule has 214 valence electrons. The number of halogens is 1. The summed E-state index contributed by atoms with van der Waals surface area (Å²) < 4.78 is 16.8. The van der Waals surface area contributed by atoms with E-state index in [1.165, 1.54) is 9.70 Å². The predicted molar refractivity (Wildman–Crippen MR) is 150 cm³/mol. The van der Waals surface area contributed by atoms with E-state index in [1.54, 1.807) is 62.6 Å². The van der Waals surface area contributed by atoms with E-state index in [0.29, 0.717) is 46.8 Å². The average Bonchev–Trinajstić information content (AvgIpc) is 3.76. The normalized spacial score (nSPS) is 15.4. The minimum Gasteiger partial charge on any atom is -0.497 e. The molecular weight excluding hydrogens is 548 g/mol. The fourth-order valence-electron chi connectivity index (χ4n) is 4.65. The molecule has 1 aliphatic rings. The molecule has 0 bridgehead atoms. The fraction of sp³-hybridized carbons (Fsp3) is 0.345. The van der Waals surface area contributed by atoms with Crippen molar-refractivity contribution in [3.63, 3.8) is 0 Å². The van der Waals surface area contributed by atoms with E-state index in [4.69, 9.17) is 25.5 Å². The lowest BCUT2D eigenvalue weighted by Gasteiger charge is -2.30.